The molecule has 30 heavy (non-hydrogen) atoms. The van der Waals surface area contributed by atoms with Gasteiger partial charge in [-0.05, 0) is 36.4 Å². The monoisotopic (exact) mass is 437 g/mol. The van der Waals surface area contributed by atoms with Crippen LogP contribution in [0.25, 0.3) is 0 Å². The number of hydrogen-bond donors (Lipinski definition) is 1. The maximum atomic E-state index is 13.1. The van der Waals surface area contributed by atoms with Crippen molar-refractivity contribution in [1.82, 2.24) is 0 Å². The SMILES string of the molecule is COC(=O)c1ccc(C(=O)OC)c(S(=O)(=O)Nc2ccc(OC)cc2C(=O)OC)c1. The van der Waals surface area contributed by atoms with E-state index in [1.54, 1.807) is 0 Å². The van der Waals surface area contributed by atoms with Crippen LogP contribution in [0.15, 0.2) is 41.3 Å². The number of sulfonamides is 1. The summed E-state index contributed by atoms with van der Waals surface area (Å²) in [6.07, 6.45) is 0. The second-order valence-corrected chi connectivity index (χ2v) is 7.35. The summed E-state index contributed by atoms with van der Waals surface area (Å²) in [5, 5.41) is 0. The number of benzene rings is 2. The van der Waals surface area contributed by atoms with Crippen molar-refractivity contribution >= 4 is 33.6 Å². The van der Waals surface area contributed by atoms with Crippen LogP contribution in [0.3, 0.4) is 0 Å². The van der Waals surface area contributed by atoms with Crippen LogP contribution in [-0.2, 0) is 24.2 Å². The Morgan fingerprint density at radius 3 is 1.93 bits per heavy atom. The maximum Gasteiger partial charge on any atom is 0.340 e. The van der Waals surface area contributed by atoms with E-state index in [0.29, 0.717) is 5.75 Å². The molecule has 0 saturated heterocycles. The molecule has 2 aromatic carbocycles. The first-order chi connectivity index (χ1) is 14.2. The van der Waals surface area contributed by atoms with Gasteiger partial charge in [0.25, 0.3) is 10.0 Å². The lowest BCUT2D eigenvalue weighted by atomic mass is 10.1. The highest BCUT2D eigenvalue weighted by Crippen LogP contribution is 2.27. The first-order valence-electron chi connectivity index (χ1n) is 8.28. The number of rotatable bonds is 7. The lowest BCUT2D eigenvalue weighted by Crippen LogP contribution is -2.20. The molecule has 0 aliphatic carbocycles. The molecule has 0 amide bonds. The number of anilines is 1. The van der Waals surface area contributed by atoms with E-state index in [1.807, 2.05) is 0 Å². The molecule has 0 atom stereocenters. The number of ether oxygens (including phenoxy) is 4. The minimum absolute atomic E-state index is 0.103. The zero-order valence-corrected chi connectivity index (χ0v) is 17.4. The normalized spacial score (nSPS) is 10.7. The van der Waals surface area contributed by atoms with Crippen LogP contribution in [0.4, 0.5) is 5.69 Å². The van der Waals surface area contributed by atoms with E-state index in [9.17, 15) is 22.8 Å². The summed E-state index contributed by atoms with van der Waals surface area (Å²) in [6, 6.07) is 7.34. The topological polar surface area (TPSA) is 134 Å². The summed E-state index contributed by atoms with van der Waals surface area (Å²) in [7, 11) is 0.267. The Morgan fingerprint density at radius 1 is 0.767 bits per heavy atom. The Morgan fingerprint density at radius 2 is 1.37 bits per heavy atom. The largest absolute Gasteiger partial charge is 0.497 e. The predicted molar refractivity (Wildman–Crippen MR) is 104 cm³/mol. The highest BCUT2D eigenvalue weighted by Gasteiger charge is 2.27. The van der Waals surface area contributed by atoms with Crippen molar-refractivity contribution in [1.29, 1.82) is 0 Å². The van der Waals surface area contributed by atoms with Gasteiger partial charge in [0.1, 0.15) is 10.6 Å². The fraction of sp³-hybridized carbons (Fsp3) is 0.211. The van der Waals surface area contributed by atoms with Gasteiger partial charge in [0.15, 0.2) is 0 Å². The van der Waals surface area contributed by atoms with E-state index in [4.69, 9.17) is 4.74 Å². The zero-order chi connectivity index (χ0) is 22.5. The average molecular weight is 437 g/mol. The van der Waals surface area contributed by atoms with Gasteiger partial charge in [0, 0.05) is 0 Å². The number of hydrogen-bond acceptors (Lipinski definition) is 9. The molecule has 160 valence electrons. The fourth-order valence-corrected chi connectivity index (χ4v) is 3.79. The van der Waals surface area contributed by atoms with Gasteiger partial charge in [0.05, 0.1) is 50.8 Å². The summed E-state index contributed by atoms with van der Waals surface area (Å²) in [5.74, 6) is -2.26. The lowest BCUT2D eigenvalue weighted by molar-refractivity contribution is 0.0583. The van der Waals surface area contributed by atoms with Crippen molar-refractivity contribution in [2.24, 2.45) is 0 Å². The van der Waals surface area contributed by atoms with Crippen LogP contribution < -0.4 is 9.46 Å². The van der Waals surface area contributed by atoms with Gasteiger partial charge in [-0.3, -0.25) is 4.72 Å². The van der Waals surface area contributed by atoms with Crippen molar-refractivity contribution in [3.8, 4) is 5.75 Å². The molecule has 0 unspecified atom stereocenters. The summed E-state index contributed by atoms with van der Waals surface area (Å²) in [4.78, 5) is 35.4. The molecular formula is C19H19NO9S. The van der Waals surface area contributed by atoms with Crippen LogP contribution in [0, 0.1) is 0 Å². The van der Waals surface area contributed by atoms with Crippen LogP contribution in [0.2, 0.25) is 0 Å². The lowest BCUT2D eigenvalue weighted by Gasteiger charge is -2.15. The molecule has 10 nitrogen and oxygen atoms in total. The van der Waals surface area contributed by atoms with E-state index in [-0.39, 0.29) is 22.4 Å². The van der Waals surface area contributed by atoms with Gasteiger partial charge in [-0.25, -0.2) is 22.8 Å². The van der Waals surface area contributed by atoms with E-state index >= 15 is 0 Å². The highest BCUT2D eigenvalue weighted by molar-refractivity contribution is 7.92. The predicted octanol–water partition coefficient (Wildman–Crippen LogP) is 1.86. The smallest absolute Gasteiger partial charge is 0.340 e. The number of esters is 3. The molecule has 0 aromatic heterocycles. The highest BCUT2D eigenvalue weighted by atomic mass is 32.2. The van der Waals surface area contributed by atoms with Crippen molar-refractivity contribution in [2.75, 3.05) is 33.2 Å². The molecule has 0 spiro atoms. The Balaban J connectivity index is 2.63. The van der Waals surface area contributed by atoms with Gasteiger partial charge >= 0.3 is 17.9 Å². The second kappa shape index (κ2) is 9.27. The molecule has 11 heteroatoms. The van der Waals surface area contributed by atoms with Gasteiger partial charge < -0.3 is 18.9 Å². The third-order valence-electron chi connectivity index (χ3n) is 3.97. The summed E-state index contributed by atoms with van der Waals surface area (Å²) >= 11 is 0. The fourth-order valence-electron chi connectivity index (χ4n) is 2.49. The first-order valence-corrected chi connectivity index (χ1v) is 9.76. The van der Waals surface area contributed by atoms with Crippen LogP contribution in [0.1, 0.15) is 31.1 Å². The van der Waals surface area contributed by atoms with E-state index in [0.717, 1.165) is 33.5 Å². The standard InChI is InChI=1S/C19H19NO9S/c1-26-12-6-8-15(14(10-12)19(23)29-4)20-30(24,25)16-9-11(17(21)27-2)5-7-13(16)18(22)28-3/h5-10,20H,1-4H3. The zero-order valence-electron chi connectivity index (χ0n) is 16.5. The van der Waals surface area contributed by atoms with Crippen LogP contribution in [-0.4, -0.2) is 54.8 Å². The van der Waals surface area contributed by atoms with Gasteiger partial charge in [-0.2, -0.15) is 0 Å². The molecule has 0 fully saturated rings. The van der Waals surface area contributed by atoms with Crippen molar-refractivity contribution in [3.63, 3.8) is 0 Å². The molecule has 0 radical (unpaired) electrons. The summed E-state index contributed by atoms with van der Waals surface area (Å²) in [5.41, 5.74) is -0.662. The average Bonchev–Trinajstić information content (AvgIpc) is 2.76. The summed E-state index contributed by atoms with van der Waals surface area (Å²) in [6.45, 7) is 0. The Kier molecular flexibility index (Phi) is 7.01. The number of nitrogens with one attached hydrogen (secondary N) is 1. The second-order valence-electron chi connectivity index (χ2n) is 5.70. The van der Waals surface area contributed by atoms with Gasteiger partial charge in [-0.15, -0.1) is 0 Å². The number of carbonyl (C=O) groups is 3. The first kappa shape index (κ1) is 22.7. The van der Waals surface area contributed by atoms with Crippen LogP contribution >= 0.6 is 0 Å². The van der Waals surface area contributed by atoms with Gasteiger partial charge in [-0.1, -0.05) is 0 Å². The third-order valence-corrected chi connectivity index (χ3v) is 5.38. The molecule has 0 saturated carbocycles. The Hall–Kier alpha value is -3.60. The van der Waals surface area contributed by atoms with Crippen molar-refractivity contribution in [2.45, 2.75) is 4.90 Å². The molecule has 2 aromatic rings. The molecule has 0 bridgehead atoms. The number of carbonyl (C=O) groups excluding carboxylic acids is 3. The van der Waals surface area contributed by atoms with Gasteiger partial charge in [0.2, 0.25) is 0 Å². The molecule has 0 heterocycles. The van der Waals surface area contributed by atoms with E-state index in [1.165, 1.54) is 31.4 Å². The Bertz CT molecular complexity index is 1090. The minimum atomic E-state index is -4.45. The quantitative estimate of drug-likeness (QED) is 0.509. The van der Waals surface area contributed by atoms with Crippen molar-refractivity contribution in [3.05, 3.63) is 53.1 Å². The molecule has 1 N–H and O–H groups in total. The van der Waals surface area contributed by atoms with Crippen molar-refractivity contribution < 1.29 is 41.7 Å². The molecule has 2 rings (SSSR count). The third kappa shape index (κ3) is 4.69. The van der Waals surface area contributed by atoms with Crippen LogP contribution in [0.5, 0.6) is 5.75 Å². The van der Waals surface area contributed by atoms with E-state index in [2.05, 4.69) is 18.9 Å². The summed E-state index contributed by atoms with van der Waals surface area (Å²) < 4.78 is 47.3. The molecule has 0 aliphatic rings. The Labute approximate surface area is 172 Å². The van der Waals surface area contributed by atoms with E-state index < -0.39 is 32.8 Å². The minimum Gasteiger partial charge on any atom is -0.497 e. The molecular weight excluding hydrogens is 418 g/mol. The number of methoxy groups -OCH3 is 4. The maximum absolute atomic E-state index is 13.1. The molecule has 0 aliphatic heterocycles.